The number of amides is 1. The molecule has 2 N–H and O–H groups in total. The van der Waals surface area contributed by atoms with Crippen LogP contribution in [0.4, 0.5) is 4.39 Å². The van der Waals surface area contributed by atoms with E-state index in [1.165, 1.54) is 6.07 Å². The number of esters is 1. The predicted octanol–water partition coefficient (Wildman–Crippen LogP) is 5.03. The minimum atomic E-state index is -0.698. The second-order valence-electron chi connectivity index (χ2n) is 10.5. The summed E-state index contributed by atoms with van der Waals surface area (Å²) in [6.07, 6.45) is 1.09. The van der Waals surface area contributed by atoms with Crippen LogP contribution in [0, 0.1) is 23.6 Å². The highest BCUT2D eigenvalue weighted by Crippen LogP contribution is 2.49. The molecule has 1 amide bonds. The standard InChI is InChI=1S/C31H32FNO5/c1-20-16-31(19-37-18-28(35)33-31)26(25(20)15-29(36)38-17-21-8-3-2-4-9-21)14-22-10-7-12-24(30(22)32)23-11-5-6-13-27(23)34/h2-13,20,25-26,34H,14-19H2,1H3,(H,33,35)/t20-,25?,26?,31?/m1/s1. The molecule has 3 aromatic carbocycles. The number of para-hydroxylation sites is 1. The van der Waals surface area contributed by atoms with Crippen molar-refractivity contribution < 1.29 is 28.6 Å². The summed E-state index contributed by atoms with van der Waals surface area (Å²) in [5, 5.41) is 13.5. The Morgan fingerprint density at radius 2 is 1.82 bits per heavy atom. The lowest BCUT2D eigenvalue weighted by Crippen LogP contribution is -2.60. The van der Waals surface area contributed by atoms with Gasteiger partial charge in [-0.15, -0.1) is 0 Å². The van der Waals surface area contributed by atoms with Crippen LogP contribution in [0.5, 0.6) is 5.75 Å². The number of phenols is 1. The van der Waals surface area contributed by atoms with Crippen molar-refractivity contribution in [3.05, 3.63) is 89.7 Å². The van der Waals surface area contributed by atoms with Crippen molar-refractivity contribution in [3.8, 4) is 16.9 Å². The maximum Gasteiger partial charge on any atom is 0.306 e. The third-order valence-electron chi connectivity index (χ3n) is 7.98. The van der Waals surface area contributed by atoms with E-state index in [2.05, 4.69) is 12.2 Å². The lowest BCUT2D eigenvalue weighted by atomic mass is 9.76. The zero-order valence-corrected chi connectivity index (χ0v) is 21.4. The van der Waals surface area contributed by atoms with Gasteiger partial charge in [0.25, 0.3) is 0 Å². The number of nitrogens with one attached hydrogen (secondary N) is 1. The second-order valence-corrected chi connectivity index (χ2v) is 10.5. The smallest absolute Gasteiger partial charge is 0.306 e. The maximum absolute atomic E-state index is 15.9. The summed E-state index contributed by atoms with van der Waals surface area (Å²) in [6.45, 7) is 2.55. The number of ether oxygens (including phenoxy) is 2. The summed E-state index contributed by atoms with van der Waals surface area (Å²) in [6, 6.07) is 21.3. The minimum Gasteiger partial charge on any atom is -0.507 e. The van der Waals surface area contributed by atoms with Crippen molar-refractivity contribution in [2.45, 2.75) is 38.3 Å². The van der Waals surface area contributed by atoms with Crippen LogP contribution in [0.2, 0.25) is 0 Å². The number of rotatable bonds is 7. The molecular formula is C31H32FNO5. The van der Waals surface area contributed by atoms with Crippen LogP contribution in [0.25, 0.3) is 11.1 Å². The largest absolute Gasteiger partial charge is 0.507 e. The van der Waals surface area contributed by atoms with Crippen LogP contribution in [0.3, 0.4) is 0 Å². The Morgan fingerprint density at radius 1 is 1.08 bits per heavy atom. The molecule has 1 saturated heterocycles. The molecule has 3 unspecified atom stereocenters. The van der Waals surface area contributed by atoms with Crippen molar-refractivity contribution in [1.29, 1.82) is 0 Å². The van der Waals surface area contributed by atoms with Crippen LogP contribution in [-0.2, 0) is 32.1 Å². The van der Waals surface area contributed by atoms with E-state index in [9.17, 15) is 14.7 Å². The zero-order chi connectivity index (χ0) is 26.7. The van der Waals surface area contributed by atoms with Gasteiger partial charge in [0.15, 0.2) is 0 Å². The Labute approximate surface area is 221 Å². The van der Waals surface area contributed by atoms with E-state index in [1.54, 1.807) is 36.4 Å². The van der Waals surface area contributed by atoms with Gasteiger partial charge in [0, 0.05) is 17.5 Å². The first-order valence-corrected chi connectivity index (χ1v) is 13.0. The maximum atomic E-state index is 15.9. The average molecular weight is 518 g/mol. The van der Waals surface area contributed by atoms with E-state index >= 15 is 4.39 Å². The molecule has 1 aliphatic heterocycles. The molecule has 1 aliphatic carbocycles. The number of halogens is 1. The molecule has 0 bridgehead atoms. The third kappa shape index (κ3) is 5.29. The number of carbonyl (C=O) groups is 2. The van der Waals surface area contributed by atoms with Gasteiger partial charge in [-0.3, -0.25) is 9.59 Å². The summed E-state index contributed by atoms with van der Waals surface area (Å²) < 4.78 is 27.2. The van der Waals surface area contributed by atoms with Gasteiger partial charge in [-0.25, -0.2) is 4.39 Å². The first-order valence-electron chi connectivity index (χ1n) is 13.0. The van der Waals surface area contributed by atoms with Crippen LogP contribution in [0.15, 0.2) is 72.8 Å². The third-order valence-corrected chi connectivity index (χ3v) is 7.98. The number of benzene rings is 3. The Kier molecular flexibility index (Phi) is 7.47. The van der Waals surface area contributed by atoms with E-state index in [0.717, 1.165) is 5.56 Å². The second kappa shape index (κ2) is 11.0. The highest BCUT2D eigenvalue weighted by Gasteiger charge is 2.54. The van der Waals surface area contributed by atoms with E-state index in [-0.39, 0.29) is 55.0 Å². The number of aromatic hydroxyl groups is 1. The van der Waals surface area contributed by atoms with E-state index in [4.69, 9.17) is 9.47 Å². The minimum absolute atomic E-state index is 0.00138. The van der Waals surface area contributed by atoms with Gasteiger partial charge in [0.05, 0.1) is 12.1 Å². The van der Waals surface area contributed by atoms with Crippen LogP contribution >= 0.6 is 0 Å². The molecule has 2 aliphatic rings. The van der Waals surface area contributed by atoms with Gasteiger partial charge < -0.3 is 19.9 Å². The number of morpholine rings is 1. The van der Waals surface area contributed by atoms with Crippen molar-refractivity contribution in [2.75, 3.05) is 13.2 Å². The molecule has 7 heteroatoms. The van der Waals surface area contributed by atoms with Crippen molar-refractivity contribution in [3.63, 3.8) is 0 Å². The van der Waals surface area contributed by atoms with Crippen LogP contribution in [-0.4, -0.2) is 35.7 Å². The number of phenolic OH excluding ortho intramolecular Hbond substituents is 1. The summed E-state index contributed by atoms with van der Waals surface area (Å²) in [7, 11) is 0. The van der Waals surface area contributed by atoms with E-state index in [0.29, 0.717) is 36.1 Å². The zero-order valence-electron chi connectivity index (χ0n) is 21.4. The van der Waals surface area contributed by atoms with Gasteiger partial charge in [0.2, 0.25) is 5.91 Å². The SMILES string of the molecule is C[C@@H]1CC2(COCC(=O)N2)C(Cc2cccc(-c3ccccc3O)c2F)C1CC(=O)OCc1ccccc1. The Bertz CT molecular complexity index is 1310. The van der Waals surface area contributed by atoms with Crippen molar-refractivity contribution >= 4 is 11.9 Å². The number of hydrogen-bond acceptors (Lipinski definition) is 5. The predicted molar refractivity (Wildman–Crippen MR) is 141 cm³/mol. The molecule has 198 valence electrons. The first kappa shape index (κ1) is 25.9. The van der Waals surface area contributed by atoms with Crippen LogP contribution < -0.4 is 5.32 Å². The molecule has 2 fully saturated rings. The Hall–Kier alpha value is -3.71. The summed E-state index contributed by atoms with van der Waals surface area (Å²) in [5.74, 6) is -1.26. The molecule has 0 radical (unpaired) electrons. The van der Waals surface area contributed by atoms with Crippen LogP contribution in [0.1, 0.15) is 30.9 Å². The Morgan fingerprint density at radius 3 is 2.58 bits per heavy atom. The van der Waals surface area contributed by atoms with Gasteiger partial charge in [-0.05, 0) is 47.8 Å². The van der Waals surface area contributed by atoms with E-state index < -0.39 is 11.4 Å². The molecular weight excluding hydrogens is 485 g/mol. The highest BCUT2D eigenvalue weighted by atomic mass is 19.1. The summed E-state index contributed by atoms with van der Waals surface area (Å²) >= 11 is 0. The normalized spacial score (nSPS) is 24.8. The molecule has 6 nitrogen and oxygen atoms in total. The first-order chi connectivity index (χ1) is 18.4. The van der Waals surface area contributed by atoms with Gasteiger partial charge in [0.1, 0.15) is 24.8 Å². The lowest BCUT2D eigenvalue weighted by molar-refractivity contribution is -0.147. The van der Waals surface area contributed by atoms with Crippen molar-refractivity contribution in [2.24, 2.45) is 17.8 Å². The number of carbonyl (C=O) groups excluding carboxylic acids is 2. The number of hydrogen-bond donors (Lipinski definition) is 2. The monoisotopic (exact) mass is 517 g/mol. The van der Waals surface area contributed by atoms with Gasteiger partial charge >= 0.3 is 5.97 Å². The molecule has 5 rings (SSSR count). The highest BCUT2D eigenvalue weighted by molar-refractivity contribution is 5.79. The lowest BCUT2D eigenvalue weighted by Gasteiger charge is -2.41. The summed E-state index contributed by atoms with van der Waals surface area (Å²) in [4.78, 5) is 25.4. The molecule has 38 heavy (non-hydrogen) atoms. The summed E-state index contributed by atoms with van der Waals surface area (Å²) in [5.41, 5.74) is 1.40. The molecule has 0 aromatic heterocycles. The molecule has 1 spiro atoms. The topological polar surface area (TPSA) is 84.9 Å². The fourth-order valence-electron chi connectivity index (χ4n) is 6.23. The fourth-order valence-corrected chi connectivity index (χ4v) is 6.23. The van der Waals surface area contributed by atoms with Gasteiger partial charge in [-0.2, -0.15) is 0 Å². The molecule has 1 saturated carbocycles. The molecule has 1 heterocycles. The van der Waals surface area contributed by atoms with Crippen molar-refractivity contribution in [1.82, 2.24) is 5.32 Å². The molecule has 4 atom stereocenters. The quantitative estimate of drug-likeness (QED) is 0.430. The fraction of sp³-hybridized carbons (Fsp3) is 0.355. The average Bonchev–Trinajstić information content (AvgIpc) is 3.14. The van der Waals surface area contributed by atoms with Gasteiger partial charge in [-0.1, -0.05) is 73.7 Å². The Balaban J connectivity index is 1.42. The molecule has 3 aromatic rings. The van der Waals surface area contributed by atoms with E-state index in [1.807, 2.05) is 30.3 Å².